The van der Waals surface area contributed by atoms with Crippen LogP contribution in [0.25, 0.3) is 0 Å². The molecule has 0 aliphatic heterocycles. The van der Waals surface area contributed by atoms with Crippen molar-refractivity contribution >= 4 is 11.9 Å². The maximum absolute atomic E-state index is 13.8. The Morgan fingerprint density at radius 1 is 1.08 bits per heavy atom. The normalized spacial score (nSPS) is 11.5. The van der Waals surface area contributed by atoms with Gasteiger partial charge in [0.15, 0.2) is 0 Å². The molecule has 5 nitrogen and oxygen atoms in total. The molecule has 2 aromatic carbocycles. The molecule has 1 atom stereocenters. The first-order valence-electron chi connectivity index (χ1n) is 7.31. The molecule has 0 unspecified atom stereocenters. The Hall–Kier alpha value is -2.89. The maximum Gasteiger partial charge on any atom is 0.307 e. The van der Waals surface area contributed by atoms with Crippen molar-refractivity contribution in [2.75, 3.05) is 14.2 Å². The standard InChI is InChI=1S/C18H18FNO4/c1-23-13-9-7-12(8-10-13)16(11-17(21)24-2)20-18(22)14-5-3-4-6-15(14)19/h3-10,16H,11H2,1-2H3,(H,20,22)/t16-/m1/s1. The van der Waals surface area contributed by atoms with E-state index in [0.29, 0.717) is 11.3 Å². The summed E-state index contributed by atoms with van der Waals surface area (Å²) in [4.78, 5) is 23.9. The number of esters is 1. The van der Waals surface area contributed by atoms with Gasteiger partial charge in [-0.3, -0.25) is 9.59 Å². The van der Waals surface area contributed by atoms with Crippen LogP contribution >= 0.6 is 0 Å². The van der Waals surface area contributed by atoms with Crippen LogP contribution in [0, 0.1) is 5.82 Å². The van der Waals surface area contributed by atoms with E-state index in [1.165, 1.54) is 25.3 Å². The molecule has 0 saturated heterocycles. The van der Waals surface area contributed by atoms with Gasteiger partial charge in [-0.15, -0.1) is 0 Å². The zero-order valence-electron chi connectivity index (χ0n) is 13.4. The summed E-state index contributed by atoms with van der Waals surface area (Å²) in [5, 5.41) is 2.67. The topological polar surface area (TPSA) is 64.6 Å². The third-order valence-electron chi connectivity index (χ3n) is 3.54. The van der Waals surface area contributed by atoms with E-state index < -0.39 is 23.7 Å². The molecule has 1 amide bonds. The zero-order chi connectivity index (χ0) is 17.5. The first-order valence-corrected chi connectivity index (χ1v) is 7.31. The van der Waals surface area contributed by atoms with Crippen LogP contribution in [0.4, 0.5) is 4.39 Å². The van der Waals surface area contributed by atoms with E-state index in [0.717, 1.165) is 0 Å². The first-order chi connectivity index (χ1) is 11.5. The molecular formula is C18H18FNO4. The minimum Gasteiger partial charge on any atom is -0.497 e. The van der Waals surface area contributed by atoms with Gasteiger partial charge in [0.05, 0.1) is 32.2 Å². The minimum atomic E-state index is -0.643. The van der Waals surface area contributed by atoms with Gasteiger partial charge in [0, 0.05) is 0 Å². The molecule has 0 aliphatic carbocycles. The number of nitrogens with one attached hydrogen (secondary N) is 1. The summed E-state index contributed by atoms with van der Waals surface area (Å²) in [7, 11) is 2.81. The lowest BCUT2D eigenvalue weighted by Crippen LogP contribution is -2.31. The summed E-state index contributed by atoms with van der Waals surface area (Å²) >= 11 is 0. The molecule has 0 saturated carbocycles. The molecule has 6 heteroatoms. The van der Waals surface area contributed by atoms with Crippen LogP contribution in [0.15, 0.2) is 48.5 Å². The van der Waals surface area contributed by atoms with E-state index in [9.17, 15) is 14.0 Å². The van der Waals surface area contributed by atoms with Crippen molar-refractivity contribution < 1.29 is 23.5 Å². The number of carbonyl (C=O) groups is 2. The van der Waals surface area contributed by atoms with E-state index in [-0.39, 0.29) is 12.0 Å². The SMILES string of the molecule is COC(=O)C[C@@H](NC(=O)c1ccccc1F)c1ccc(OC)cc1. The number of ether oxygens (including phenoxy) is 2. The Bertz CT molecular complexity index is 715. The van der Waals surface area contributed by atoms with Gasteiger partial charge in [-0.1, -0.05) is 24.3 Å². The highest BCUT2D eigenvalue weighted by Crippen LogP contribution is 2.21. The van der Waals surface area contributed by atoms with Crippen molar-refractivity contribution in [3.8, 4) is 5.75 Å². The van der Waals surface area contributed by atoms with Crippen molar-refractivity contribution in [2.24, 2.45) is 0 Å². The lowest BCUT2D eigenvalue weighted by molar-refractivity contribution is -0.141. The highest BCUT2D eigenvalue weighted by atomic mass is 19.1. The number of carbonyl (C=O) groups excluding carboxylic acids is 2. The molecule has 2 aromatic rings. The Morgan fingerprint density at radius 3 is 2.33 bits per heavy atom. The molecule has 0 fully saturated rings. The quantitative estimate of drug-likeness (QED) is 0.827. The largest absolute Gasteiger partial charge is 0.497 e. The van der Waals surface area contributed by atoms with Gasteiger partial charge in [0.1, 0.15) is 11.6 Å². The Balaban J connectivity index is 2.23. The molecule has 24 heavy (non-hydrogen) atoms. The lowest BCUT2D eigenvalue weighted by Gasteiger charge is -2.19. The van der Waals surface area contributed by atoms with Gasteiger partial charge in [-0.25, -0.2) is 4.39 Å². The molecule has 0 bridgehead atoms. The van der Waals surface area contributed by atoms with E-state index in [1.54, 1.807) is 37.4 Å². The molecular weight excluding hydrogens is 313 g/mol. The van der Waals surface area contributed by atoms with Crippen LogP contribution in [-0.4, -0.2) is 26.1 Å². The lowest BCUT2D eigenvalue weighted by atomic mass is 10.0. The molecule has 1 N–H and O–H groups in total. The van der Waals surface area contributed by atoms with Crippen LogP contribution in [0.2, 0.25) is 0 Å². The van der Waals surface area contributed by atoms with Crippen LogP contribution in [-0.2, 0) is 9.53 Å². The molecule has 0 aromatic heterocycles. The fourth-order valence-corrected chi connectivity index (χ4v) is 2.22. The van der Waals surface area contributed by atoms with Gasteiger partial charge < -0.3 is 14.8 Å². The van der Waals surface area contributed by atoms with Crippen molar-refractivity contribution in [2.45, 2.75) is 12.5 Å². The van der Waals surface area contributed by atoms with E-state index in [2.05, 4.69) is 10.1 Å². The summed E-state index contributed by atoms with van der Waals surface area (Å²) in [5.41, 5.74) is 0.603. The highest BCUT2D eigenvalue weighted by Gasteiger charge is 2.21. The Labute approximate surface area is 139 Å². The minimum absolute atomic E-state index is 0.0664. The number of amides is 1. The second kappa shape index (κ2) is 8.10. The highest BCUT2D eigenvalue weighted by molar-refractivity contribution is 5.95. The van der Waals surface area contributed by atoms with Gasteiger partial charge in [-0.2, -0.15) is 0 Å². The van der Waals surface area contributed by atoms with E-state index in [1.807, 2.05) is 0 Å². The average molecular weight is 331 g/mol. The molecule has 0 heterocycles. The van der Waals surface area contributed by atoms with Crippen molar-refractivity contribution in [3.05, 3.63) is 65.5 Å². The predicted molar refractivity (Wildman–Crippen MR) is 86.2 cm³/mol. The number of hydrogen-bond acceptors (Lipinski definition) is 4. The van der Waals surface area contributed by atoms with Crippen LogP contribution < -0.4 is 10.1 Å². The Kier molecular flexibility index (Phi) is 5.89. The van der Waals surface area contributed by atoms with Crippen LogP contribution in [0.1, 0.15) is 28.4 Å². The molecule has 0 spiro atoms. The fraction of sp³-hybridized carbons (Fsp3) is 0.222. The van der Waals surface area contributed by atoms with Crippen LogP contribution in [0.3, 0.4) is 0 Å². The smallest absolute Gasteiger partial charge is 0.307 e. The Morgan fingerprint density at radius 2 is 1.75 bits per heavy atom. The van der Waals surface area contributed by atoms with Gasteiger partial charge >= 0.3 is 5.97 Å². The first kappa shape index (κ1) is 17.5. The summed E-state index contributed by atoms with van der Waals surface area (Å²) in [6, 6.07) is 11.9. The summed E-state index contributed by atoms with van der Waals surface area (Å²) in [5.74, 6) is -1.06. The van der Waals surface area contributed by atoms with Crippen molar-refractivity contribution in [1.82, 2.24) is 5.32 Å². The third kappa shape index (κ3) is 4.32. The van der Waals surface area contributed by atoms with Crippen molar-refractivity contribution in [1.29, 1.82) is 0 Å². The maximum atomic E-state index is 13.8. The number of hydrogen-bond donors (Lipinski definition) is 1. The summed E-state index contributed by atoms with van der Waals surface area (Å²) in [6.45, 7) is 0. The zero-order valence-corrected chi connectivity index (χ0v) is 13.4. The van der Waals surface area contributed by atoms with E-state index >= 15 is 0 Å². The van der Waals surface area contributed by atoms with Gasteiger partial charge in [0.2, 0.25) is 0 Å². The van der Waals surface area contributed by atoms with Gasteiger partial charge in [0.25, 0.3) is 5.91 Å². The van der Waals surface area contributed by atoms with E-state index in [4.69, 9.17) is 4.74 Å². The monoisotopic (exact) mass is 331 g/mol. The summed E-state index contributed by atoms with van der Waals surface area (Å²) < 4.78 is 23.5. The molecule has 0 radical (unpaired) electrons. The molecule has 126 valence electrons. The second-order valence-electron chi connectivity index (χ2n) is 5.06. The van der Waals surface area contributed by atoms with Crippen LogP contribution in [0.5, 0.6) is 5.75 Å². The summed E-state index contributed by atoms with van der Waals surface area (Å²) in [6.07, 6.45) is -0.0664. The van der Waals surface area contributed by atoms with Gasteiger partial charge in [-0.05, 0) is 29.8 Å². The molecule has 2 rings (SSSR count). The number of halogens is 1. The number of benzene rings is 2. The third-order valence-corrected chi connectivity index (χ3v) is 3.54. The second-order valence-corrected chi connectivity index (χ2v) is 5.06. The van der Waals surface area contributed by atoms with Crippen molar-refractivity contribution in [3.63, 3.8) is 0 Å². The predicted octanol–water partition coefficient (Wildman–Crippen LogP) is 2.87. The number of rotatable bonds is 6. The molecule has 0 aliphatic rings. The number of methoxy groups -OCH3 is 2. The fourth-order valence-electron chi connectivity index (χ4n) is 2.22. The average Bonchev–Trinajstić information content (AvgIpc) is 2.61.